The third-order valence-electron chi connectivity index (χ3n) is 3.36. The highest BCUT2D eigenvalue weighted by atomic mass is 16.4. The van der Waals surface area contributed by atoms with Crippen LogP contribution in [0.3, 0.4) is 0 Å². The molecule has 114 valence electrons. The highest BCUT2D eigenvalue weighted by Crippen LogP contribution is 2.18. The minimum atomic E-state index is -1.04. The van der Waals surface area contributed by atoms with Gasteiger partial charge in [-0.25, -0.2) is 4.79 Å². The summed E-state index contributed by atoms with van der Waals surface area (Å²) in [6, 6.07) is 5.18. The van der Waals surface area contributed by atoms with Crippen molar-refractivity contribution in [2.24, 2.45) is 0 Å². The molecule has 21 heavy (non-hydrogen) atoms. The van der Waals surface area contributed by atoms with E-state index in [1.54, 1.807) is 39.1 Å². The number of carbonyl (C=O) groups excluding carboxylic acids is 1. The lowest BCUT2D eigenvalue weighted by Gasteiger charge is -2.34. The average molecular weight is 291 g/mol. The van der Waals surface area contributed by atoms with Gasteiger partial charge in [0.05, 0.1) is 12.1 Å². The molecule has 0 aromatic heterocycles. The highest BCUT2D eigenvalue weighted by Gasteiger charge is 2.27. The number of benzene rings is 1. The second kappa shape index (κ2) is 6.54. The summed E-state index contributed by atoms with van der Waals surface area (Å²) >= 11 is 0. The molecule has 2 N–H and O–H groups in total. The van der Waals surface area contributed by atoms with Crippen molar-refractivity contribution < 1.29 is 19.8 Å². The number of nitrogens with zero attached hydrogens (tertiary/aromatic N) is 1. The van der Waals surface area contributed by atoms with Crippen LogP contribution >= 0.6 is 0 Å². The summed E-state index contributed by atoms with van der Waals surface area (Å²) in [4.78, 5) is 24.5. The Hall–Kier alpha value is -2.14. The van der Waals surface area contributed by atoms with Crippen LogP contribution in [0.4, 0.5) is 0 Å². The van der Waals surface area contributed by atoms with Gasteiger partial charge in [0, 0.05) is 18.7 Å². The van der Waals surface area contributed by atoms with E-state index in [1.807, 2.05) is 6.92 Å². The summed E-state index contributed by atoms with van der Waals surface area (Å²) in [5, 5.41) is 18.0. The first-order valence-electron chi connectivity index (χ1n) is 6.59. The van der Waals surface area contributed by atoms with Crippen molar-refractivity contribution in [2.45, 2.75) is 26.3 Å². The molecule has 0 aliphatic rings. The van der Waals surface area contributed by atoms with Crippen LogP contribution < -0.4 is 0 Å². The molecule has 0 atom stereocenters. The molecular weight excluding hydrogens is 270 g/mol. The Bertz CT molecular complexity index is 576. The maximum absolute atomic E-state index is 12.5. The van der Waals surface area contributed by atoms with Crippen molar-refractivity contribution in [1.82, 2.24) is 4.90 Å². The van der Waals surface area contributed by atoms with Gasteiger partial charge in [-0.05, 0) is 50.1 Å². The Morgan fingerprint density at radius 1 is 1.29 bits per heavy atom. The summed E-state index contributed by atoms with van der Waals surface area (Å²) in [5.41, 5.74) is 1.30. The Morgan fingerprint density at radius 3 is 2.43 bits per heavy atom. The van der Waals surface area contributed by atoms with Gasteiger partial charge in [0.15, 0.2) is 0 Å². The Balaban J connectivity index is 3.13. The first kappa shape index (κ1) is 16.9. The number of carboxylic acids is 1. The smallest absolute Gasteiger partial charge is 0.328 e. The van der Waals surface area contributed by atoms with Crippen LogP contribution in [-0.4, -0.2) is 46.2 Å². The molecule has 0 fully saturated rings. The third-order valence-corrected chi connectivity index (χ3v) is 3.36. The normalized spacial score (nSPS) is 11.7. The Labute approximate surface area is 124 Å². The molecule has 1 aromatic rings. The van der Waals surface area contributed by atoms with Crippen LogP contribution in [0.1, 0.15) is 35.3 Å². The van der Waals surface area contributed by atoms with Crippen LogP contribution in [-0.2, 0) is 4.79 Å². The summed E-state index contributed by atoms with van der Waals surface area (Å²) in [6.45, 7) is 5.23. The first-order chi connectivity index (χ1) is 9.67. The number of aliphatic hydroxyl groups excluding tert-OH is 1. The predicted molar refractivity (Wildman–Crippen MR) is 81.1 cm³/mol. The fourth-order valence-electron chi connectivity index (χ4n) is 1.77. The lowest BCUT2D eigenvalue weighted by molar-refractivity contribution is -0.131. The minimum absolute atomic E-state index is 0.146. The molecule has 0 saturated carbocycles. The maximum Gasteiger partial charge on any atom is 0.328 e. The second-order valence-electron chi connectivity index (χ2n) is 5.64. The number of aryl methyl sites for hydroxylation is 1. The van der Waals surface area contributed by atoms with E-state index in [-0.39, 0.29) is 12.5 Å². The van der Waals surface area contributed by atoms with Gasteiger partial charge < -0.3 is 15.1 Å². The zero-order chi connectivity index (χ0) is 16.2. The second-order valence-corrected chi connectivity index (χ2v) is 5.64. The van der Waals surface area contributed by atoms with E-state index in [9.17, 15) is 14.7 Å². The Kier molecular flexibility index (Phi) is 5.27. The van der Waals surface area contributed by atoms with E-state index in [4.69, 9.17) is 5.11 Å². The fourth-order valence-corrected chi connectivity index (χ4v) is 1.77. The Morgan fingerprint density at radius 2 is 1.90 bits per heavy atom. The van der Waals surface area contributed by atoms with Crippen molar-refractivity contribution in [1.29, 1.82) is 0 Å². The molecule has 0 radical (unpaired) electrons. The number of hydrogen-bond donors (Lipinski definition) is 2. The van der Waals surface area contributed by atoms with E-state index < -0.39 is 11.5 Å². The van der Waals surface area contributed by atoms with Gasteiger partial charge in [-0.3, -0.25) is 4.79 Å². The molecule has 0 saturated heterocycles. The molecule has 0 bridgehead atoms. The van der Waals surface area contributed by atoms with E-state index in [0.29, 0.717) is 11.1 Å². The quantitative estimate of drug-likeness (QED) is 0.813. The number of rotatable bonds is 5. The molecule has 1 amide bonds. The molecule has 5 heteroatoms. The molecule has 0 spiro atoms. The van der Waals surface area contributed by atoms with E-state index in [2.05, 4.69) is 0 Å². The van der Waals surface area contributed by atoms with Crippen LogP contribution in [0, 0.1) is 6.92 Å². The zero-order valence-electron chi connectivity index (χ0n) is 12.8. The predicted octanol–water partition coefficient (Wildman–Crippen LogP) is 1.94. The van der Waals surface area contributed by atoms with Crippen LogP contribution in [0.15, 0.2) is 24.3 Å². The summed E-state index contributed by atoms with van der Waals surface area (Å²) in [5.74, 6) is -1.26. The van der Waals surface area contributed by atoms with Crippen LogP contribution in [0.2, 0.25) is 0 Å². The molecule has 0 aliphatic carbocycles. The fraction of sp³-hybridized carbons (Fsp3) is 0.375. The molecule has 5 nitrogen and oxygen atoms in total. The van der Waals surface area contributed by atoms with Gasteiger partial charge >= 0.3 is 5.97 Å². The summed E-state index contributed by atoms with van der Waals surface area (Å²) in [6.07, 6.45) is 2.48. The van der Waals surface area contributed by atoms with Gasteiger partial charge in [-0.2, -0.15) is 0 Å². The number of carboxylic acid groups (broad SMARTS) is 1. The molecule has 1 aromatic carbocycles. The molecule has 1 rings (SSSR count). The average Bonchev–Trinajstić information content (AvgIpc) is 2.42. The zero-order valence-corrected chi connectivity index (χ0v) is 12.8. The molecular formula is C16H21NO4. The van der Waals surface area contributed by atoms with Crippen molar-refractivity contribution in [3.05, 3.63) is 41.0 Å². The minimum Gasteiger partial charge on any atom is -0.478 e. The topological polar surface area (TPSA) is 77.8 Å². The lowest BCUT2D eigenvalue weighted by Crippen LogP contribution is -2.47. The number of likely N-dealkylation sites (N-methyl/N-ethyl adjacent to an activating group) is 1. The number of aliphatic carboxylic acids is 1. The van der Waals surface area contributed by atoms with E-state index in [0.717, 1.165) is 11.6 Å². The van der Waals surface area contributed by atoms with Gasteiger partial charge in [0.2, 0.25) is 0 Å². The summed E-state index contributed by atoms with van der Waals surface area (Å²) < 4.78 is 0. The monoisotopic (exact) mass is 291 g/mol. The van der Waals surface area contributed by atoms with Gasteiger partial charge in [0.25, 0.3) is 5.91 Å². The summed E-state index contributed by atoms with van der Waals surface area (Å²) in [7, 11) is 1.63. The largest absolute Gasteiger partial charge is 0.478 e. The van der Waals surface area contributed by atoms with Gasteiger partial charge in [-0.1, -0.05) is 6.07 Å². The standard InChI is InChI=1S/C16H21NO4/c1-11-7-12(5-6-14(19)20)9-13(8-11)15(21)17(4)16(2,3)10-18/h5-9,18H,10H2,1-4H3,(H,19,20)/b6-5+. The van der Waals surface area contributed by atoms with Crippen LogP contribution in [0.25, 0.3) is 6.08 Å². The van der Waals surface area contributed by atoms with Gasteiger partial charge in [-0.15, -0.1) is 0 Å². The third kappa shape index (κ3) is 4.43. The van der Waals surface area contributed by atoms with Crippen molar-refractivity contribution in [3.63, 3.8) is 0 Å². The maximum atomic E-state index is 12.5. The van der Waals surface area contributed by atoms with E-state index in [1.165, 1.54) is 11.0 Å². The number of amides is 1. The van der Waals surface area contributed by atoms with Crippen molar-refractivity contribution >= 4 is 18.0 Å². The number of carbonyl (C=O) groups is 2. The lowest BCUT2D eigenvalue weighted by atomic mass is 10.0. The SMILES string of the molecule is Cc1cc(/C=C/C(=O)O)cc(C(=O)N(C)C(C)(C)CO)c1. The van der Waals surface area contributed by atoms with Crippen molar-refractivity contribution in [3.8, 4) is 0 Å². The van der Waals surface area contributed by atoms with Crippen LogP contribution in [0.5, 0.6) is 0 Å². The van der Waals surface area contributed by atoms with E-state index >= 15 is 0 Å². The molecule has 0 unspecified atom stereocenters. The number of aliphatic hydroxyl groups is 1. The highest BCUT2D eigenvalue weighted by molar-refractivity contribution is 5.95. The van der Waals surface area contributed by atoms with Gasteiger partial charge in [0.1, 0.15) is 0 Å². The molecule has 0 aliphatic heterocycles. The first-order valence-corrected chi connectivity index (χ1v) is 6.59. The number of hydrogen-bond acceptors (Lipinski definition) is 3. The molecule has 0 heterocycles. The van der Waals surface area contributed by atoms with Crippen molar-refractivity contribution in [2.75, 3.05) is 13.7 Å².